The van der Waals surface area contributed by atoms with Crippen molar-refractivity contribution in [2.45, 2.75) is 32.7 Å². The molecule has 2 heterocycles. The van der Waals surface area contributed by atoms with Crippen LogP contribution in [0.4, 0.5) is 23.7 Å². The zero-order valence-electron chi connectivity index (χ0n) is 14.9. The Labute approximate surface area is 152 Å². The van der Waals surface area contributed by atoms with Crippen molar-refractivity contribution in [1.82, 2.24) is 14.9 Å². The number of halogens is 3. The Morgan fingerprint density at radius 3 is 2.59 bits per heavy atom. The summed E-state index contributed by atoms with van der Waals surface area (Å²) in [7, 11) is 0. The van der Waals surface area contributed by atoms with Crippen LogP contribution >= 0.6 is 0 Å². The van der Waals surface area contributed by atoms with Crippen molar-refractivity contribution in [1.29, 1.82) is 0 Å². The second-order valence-electron chi connectivity index (χ2n) is 6.48. The number of ether oxygens (including phenoxy) is 2. The van der Waals surface area contributed by atoms with E-state index in [4.69, 9.17) is 4.74 Å². The lowest BCUT2D eigenvalue weighted by Gasteiger charge is -2.19. The molecule has 0 aromatic carbocycles. The van der Waals surface area contributed by atoms with Crippen LogP contribution in [-0.4, -0.2) is 46.7 Å². The van der Waals surface area contributed by atoms with Crippen molar-refractivity contribution in [3.8, 4) is 0 Å². The summed E-state index contributed by atoms with van der Waals surface area (Å²) in [6.45, 7) is 4.12. The fraction of sp³-hybridized carbons (Fsp3) is 0.438. The van der Waals surface area contributed by atoms with Crippen LogP contribution in [0.3, 0.4) is 0 Å². The molecule has 27 heavy (non-hydrogen) atoms. The third-order valence-electron chi connectivity index (χ3n) is 3.06. The second kappa shape index (κ2) is 7.82. The van der Waals surface area contributed by atoms with Gasteiger partial charge in [-0.3, -0.25) is 14.8 Å². The first-order valence-electron chi connectivity index (χ1n) is 7.91. The first kappa shape index (κ1) is 20.5. The van der Waals surface area contributed by atoms with Gasteiger partial charge in [0.15, 0.2) is 0 Å². The summed E-state index contributed by atoms with van der Waals surface area (Å²) < 4.78 is 45.9. The van der Waals surface area contributed by atoms with E-state index in [1.54, 1.807) is 26.8 Å². The van der Waals surface area contributed by atoms with Gasteiger partial charge >= 0.3 is 12.5 Å². The van der Waals surface area contributed by atoms with E-state index in [9.17, 15) is 22.8 Å². The van der Waals surface area contributed by atoms with Gasteiger partial charge in [0.05, 0.1) is 23.9 Å². The highest BCUT2D eigenvalue weighted by atomic mass is 19.4. The van der Waals surface area contributed by atoms with Crippen LogP contribution in [0.25, 0.3) is 5.52 Å². The quantitative estimate of drug-likeness (QED) is 0.768. The first-order chi connectivity index (χ1) is 12.4. The molecule has 0 spiro atoms. The van der Waals surface area contributed by atoms with Gasteiger partial charge < -0.3 is 10.1 Å². The Morgan fingerprint density at radius 1 is 1.26 bits per heavy atom. The fourth-order valence-corrected chi connectivity index (χ4v) is 2.08. The van der Waals surface area contributed by atoms with E-state index in [1.165, 1.54) is 23.0 Å². The highest BCUT2D eigenvalue weighted by Gasteiger charge is 2.28. The number of alkyl halides is 3. The summed E-state index contributed by atoms with van der Waals surface area (Å²) in [5.41, 5.74) is 0.188. The standard InChI is InChI=1S/C16H19F3N4O4/c1-15(2,3)27-14(25)22-10-4-6-23-12(8-10)11(9-21-23)13(24)20-5-7-26-16(17,18)19/h4,6,8-9H,5,7H2,1-3H3,(H,20,24)(H,22,25). The molecule has 0 aliphatic carbocycles. The van der Waals surface area contributed by atoms with Gasteiger partial charge in [-0.25, -0.2) is 9.31 Å². The second-order valence-corrected chi connectivity index (χ2v) is 6.48. The summed E-state index contributed by atoms with van der Waals surface area (Å²) in [5, 5.41) is 8.84. The van der Waals surface area contributed by atoms with E-state index in [0.717, 1.165) is 0 Å². The highest BCUT2D eigenvalue weighted by molar-refractivity contribution is 6.01. The molecule has 0 radical (unpaired) electrons. The van der Waals surface area contributed by atoms with Crippen molar-refractivity contribution in [2.24, 2.45) is 0 Å². The maximum absolute atomic E-state index is 12.2. The van der Waals surface area contributed by atoms with Crippen molar-refractivity contribution in [3.05, 3.63) is 30.1 Å². The highest BCUT2D eigenvalue weighted by Crippen LogP contribution is 2.18. The summed E-state index contributed by atoms with van der Waals surface area (Å²) in [4.78, 5) is 24.0. The molecule has 0 aliphatic heterocycles. The molecule has 8 nitrogen and oxygen atoms in total. The number of aromatic nitrogens is 2. The van der Waals surface area contributed by atoms with Gasteiger partial charge in [-0.15, -0.1) is 13.2 Å². The van der Waals surface area contributed by atoms with Gasteiger partial charge in [0.1, 0.15) is 5.60 Å². The predicted molar refractivity (Wildman–Crippen MR) is 89.4 cm³/mol. The van der Waals surface area contributed by atoms with Crippen LogP contribution in [0, 0.1) is 0 Å². The van der Waals surface area contributed by atoms with Crippen LogP contribution in [-0.2, 0) is 9.47 Å². The number of amides is 2. The Morgan fingerprint density at radius 2 is 1.96 bits per heavy atom. The average Bonchev–Trinajstić information content (AvgIpc) is 2.91. The molecule has 2 amide bonds. The van der Waals surface area contributed by atoms with Crippen LogP contribution in [0.2, 0.25) is 0 Å². The summed E-state index contributed by atoms with van der Waals surface area (Å²) in [5.74, 6) is -0.620. The topological polar surface area (TPSA) is 94.0 Å². The van der Waals surface area contributed by atoms with Crippen LogP contribution in [0.5, 0.6) is 0 Å². The van der Waals surface area contributed by atoms with Crippen molar-refractivity contribution >= 4 is 23.2 Å². The van der Waals surface area contributed by atoms with Crippen LogP contribution < -0.4 is 10.6 Å². The summed E-state index contributed by atoms with van der Waals surface area (Å²) in [6, 6.07) is 3.06. The number of pyridine rings is 1. The smallest absolute Gasteiger partial charge is 0.444 e. The fourth-order valence-electron chi connectivity index (χ4n) is 2.08. The average molecular weight is 388 g/mol. The van der Waals surface area contributed by atoms with Gasteiger partial charge in [-0.2, -0.15) is 5.10 Å². The van der Waals surface area contributed by atoms with Crippen molar-refractivity contribution in [2.75, 3.05) is 18.5 Å². The molecule has 2 aromatic rings. The third-order valence-corrected chi connectivity index (χ3v) is 3.06. The molecule has 2 aromatic heterocycles. The largest absolute Gasteiger partial charge is 0.522 e. The summed E-state index contributed by atoms with van der Waals surface area (Å²) >= 11 is 0. The molecule has 0 unspecified atom stereocenters. The summed E-state index contributed by atoms with van der Waals surface area (Å²) in [6.07, 6.45) is -2.63. The number of nitrogens with zero attached hydrogens (tertiary/aromatic N) is 2. The van der Waals surface area contributed by atoms with E-state index >= 15 is 0 Å². The molecule has 0 bridgehead atoms. The predicted octanol–water partition coefficient (Wildman–Crippen LogP) is 2.95. The number of fused-ring (bicyclic) bond motifs is 1. The lowest BCUT2D eigenvalue weighted by Crippen LogP contribution is -2.29. The number of hydrogen-bond acceptors (Lipinski definition) is 5. The minimum Gasteiger partial charge on any atom is -0.444 e. The van der Waals surface area contributed by atoms with Gasteiger partial charge in [0.25, 0.3) is 5.91 Å². The number of rotatable bonds is 5. The van der Waals surface area contributed by atoms with E-state index in [2.05, 4.69) is 20.5 Å². The Balaban J connectivity index is 2.05. The van der Waals surface area contributed by atoms with E-state index in [0.29, 0.717) is 11.2 Å². The Bertz CT molecular complexity index is 827. The first-order valence-corrected chi connectivity index (χ1v) is 7.91. The van der Waals surface area contributed by atoms with Crippen molar-refractivity contribution < 1.29 is 32.2 Å². The molecular formula is C16H19F3N4O4. The molecule has 148 valence electrons. The van der Waals surface area contributed by atoms with Crippen LogP contribution in [0.1, 0.15) is 31.1 Å². The maximum atomic E-state index is 12.2. The Hall–Kier alpha value is -2.82. The van der Waals surface area contributed by atoms with E-state index in [1.807, 2.05) is 0 Å². The normalized spacial score (nSPS) is 12.1. The molecule has 11 heteroatoms. The SMILES string of the molecule is CC(C)(C)OC(=O)Nc1ccn2ncc(C(=O)NCCOC(F)(F)F)c2c1. The van der Waals surface area contributed by atoms with E-state index < -0.39 is 30.6 Å². The van der Waals surface area contributed by atoms with Crippen molar-refractivity contribution in [3.63, 3.8) is 0 Å². The van der Waals surface area contributed by atoms with Gasteiger partial charge in [0, 0.05) is 18.4 Å². The molecule has 0 atom stereocenters. The molecule has 2 N–H and O–H groups in total. The van der Waals surface area contributed by atoms with Crippen LogP contribution in [0.15, 0.2) is 24.5 Å². The van der Waals surface area contributed by atoms with Gasteiger partial charge in [0.2, 0.25) is 0 Å². The maximum Gasteiger partial charge on any atom is 0.522 e. The number of anilines is 1. The lowest BCUT2D eigenvalue weighted by molar-refractivity contribution is -0.323. The minimum atomic E-state index is -4.75. The molecule has 0 saturated carbocycles. The lowest BCUT2D eigenvalue weighted by atomic mass is 10.2. The number of nitrogens with one attached hydrogen (secondary N) is 2. The number of carbonyl (C=O) groups is 2. The monoisotopic (exact) mass is 388 g/mol. The van der Waals surface area contributed by atoms with Gasteiger partial charge in [-0.1, -0.05) is 0 Å². The molecule has 0 saturated heterocycles. The molecular weight excluding hydrogens is 369 g/mol. The zero-order chi connectivity index (χ0) is 20.2. The zero-order valence-corrected chi connectivity index (χ0v) is 14.9. The third kappa shape index (κ3) is 6.44. The number of hydrogen-bond donors (Lipinski definition) is 2. The molecule has 2 rings (SSSR count). The van der Waals surface area contributed by atoms with E-state index in [-0.39, 0.29) is 12.1 Å². The molecule has 0 aliphatic rings. The molecule has 0 fully saturated rings. The number of carbonyl (C=O) groups excluding carboxylic acids is 2. The Kier molecular flexibility index (Phi) is 5.94. The minimum absolute atomic E-state index is 0.134. The van der Waals surface area contributed by atoms with Gasteiger partial charge in [-0.05, 0) is 32.9 Å².